The van der Waals surface area contributed by atoms with E-state index in [1.807, 2.05) is 0 Å². The Bertz CT molecular complexity index is 1180. The predicted octanol–water partition coefficient (Wildman–Crippen LogP) is 1.88. The molecule has 1 amide bonds. The molecule has 1 aromatic heterocycles. The number of sulfonamides is 1. The molecule has 0 unspecified atom stereocenters. The summed E-state index contributed by atoms with van der Waals surface area (Å²) in [6.45, 7) is 0.735. The van der Waals surface area contributed by atoms with Gasteiger partial charge in [-0.1, -0.05) is 23.5 Å². The van der Waals surface area contributed by atoms with Gasteiger partial charge in [0.15, 0.2) is 4.80 Å². The molecule has 0 atom stereocenters. The van der Waals surface area contributed by atoms with Gasteiger partial charge < -0.3 is 9.30 Å². The quantitative estimate of drug-likeness (QED) is 0.695. The first-order valence-corrected chi connectivity index (χ1v) is 10.2. The molecule has 0 saturated heterocycles. The number of nitrogens with two attached hydrogens (primary N) is 1. The number of benzene rings is 2. The molecule has 0 aliphatic carbocycles. The molecule has 0 bridgehead atoms. The van der Waals surface area contributed by atoms with Crippen LogP contribution in [-0.4, -0.2) is 32.6 Å². The number of hydrogen-bond acceptors (Lipinski definition) is 5. The highest BCUT2D eigenvalue weighted by Crippen LogP contribution is 2.21. The van der Waals surface area contributed by atoms with Gasteiger partial charge in [-0.15, -0.1) is 0 Å². The highest BCUT2D eigenvalue weighted by Gasteiger charge is 2.14. The van der Waals surface area contributed by atoms with E-state index in [2.05, 4.69) is 4.99 Å². The van der Waals surface area contributed by atoms with Crippen LogP contribution >= 0.6 is 11.3 Å². The molecule has 7 nitrogen and oxygen atoms in total. The molecular weight excluding hydrogens is 393 g/mol. The van der Waals surface area contributed by atoms with Crippen LogP contribution in [0.25, 0.3) is 10.2 Å². The minimum Gasteiger partial charge on any atom is -0.383 e. The third-order valence-electron chi connectivity index (χ3n) is 3.80. The SMILES string of the molecule is COCCn1c(=NC(=O)c2ccccc2F)sc2cc(S(N)(=O)=O)ccc21. The molecule has 27 heavy (non-hydrogen) atoms. The van der Waals surface area contributed by atoms with E-state index in [1.54, 1.807) is 16.7 Å². The van der Waals surface area contributed by atoms with Gasteiger partial charge >= 0.3 is 0 Å². The monoisotopic (exact) mass is 409 g/mol. The molecule has 0 radical (unpaired) electrons. The third kappa shape index (κ3) is 4.14. The first kappa shape index (κ1) is 19.4. The Morgan fingerprint density at radius 2 is 2.04 bits per heavy atom. The standard InChI is InChI=1S/C17H16FN3O4S2/c1-25-9-8-21-14-7-6-11(27(19,23)24)10-15(14)26-17(21)20-16(22)12-4-2-3-5-13(12)18/h2-7,10H,8-9H2,1H3,(H2,19,23,24). The number of aromatic nitrogens is 1. The average Bonchev–Trinajstić information content (AvgIpc) is 2.95. The Morgan fingerprint density at radius 3 is 2.70 bits per heavy atom. The van der Waals surface area contributed by atoms with Gasteiger partial charge in [0.25, 0.3) is 5.91 Å². The minimum atomic E-state index is -3.86. The number of fused-ring (bicyclic) bond motifs is 1. The number of thiazole rings is 1. The van der Waals surface area contributed by atoms with Crippen LogP contribution in [0.2, 0.25) is 0 Å². The molecule has 3 rings (SSSR count). The van der Waals surface area contributed by atoms with Gasteiger partial charge in [-0.25, -0.2) is 17.9 Å². The summed E-state index contributed by atoms with van der Waals surface area (Å²) >= 11 is 1.11. The van der Waals surface area contributed by atoms with Crippen LogP contribution in [0.4, 0.5) is 4.39 Å². The maximum atomic E-state index is 13.8. The van der Waals surface area contributed by atoms with Crippen LogP contribution in [-0.2, 0) is 21.3 Å². The van der Waals surface area contributed by atoms with Crippen molar-refractivity contribution < 1.29 is 22.3 Å². The van der Waals surface area contributed by atoms with E-state index in [-0.39, 0.29) is 10.5 Å². The normalized spacial score (nSPS) is 12.6. The summed E-state index contributed by atoms with van der Waals surface area (Å²) in [6.07, 6.45) is 0. The number of amides is 1. The van der Waals surface area contributed by atoms with E-state index in [0.29, 0.717) is 28.2 Å². The van der Waals surface area contributed by atoms with Crippen molar-refractivity contribution in [3.63, 3.8) is 0 Å². The molecule has 10 heteroatoms. The van der Waals surface area contributed by atoms with Gasteiger partial charge in [0.2, 0.25) is 10.0 Å². The van der Waals surface area contributed by atoms with E-state index in [1.165, 1.54) is 37.4 Å². The number of nitrogens with zero attached hydrogens (tertiary/aromatic N) is 2. The lowest BCUT2D eigenvalue weighted by atomic mass is 10.2. The van der Waals surface area contributed by atoms with Gasteiger partial charge in [0.05, 0.1) is 27.3 Å². The number of primary sulfonamides is 1. The number of methoxy groups -OCH3 is 1. The highest BCUT2D eigenvalue weighted by atomic mass is 32.2. The smallest absolute Gasteiger partial charge is 0.282 e. The van der Waals surface area contributed by atoms with Gasteiger partial charge in [-0.2, -0.15) is 4.99 Å². The summed E-state index contributed by atoms with van der Waals surface area (Å²) in [5.74, 6) is -1.38. The van der Waals surface area contributed by atoms with Crippen LogP contribution in [0.15, 0.2) is 52.4 Å². The Balaban J connectivity index is 2.18. The topological polar surface area (TPSA) is 104 Å². The molecule has 142 valence electrons. The molecule has 3 aromatic rings. The van der Waals surface area contributed by atoms with Gasteiger partial charge in [-0.3, -0.25) is 4.79 Å². The first-order valence-electron chi connectivity index (χ1n) is 7.80. The van der Waals surface area contributed by atoms with E-state index in [9.17, 15) is 17.6 Å². The Morgan fingerprint density at radius 1 is 1.30 bits per heavy atom. The Hall–Kier alpha value is -2.40. The summed E-state index contributed by atoms with van der Waals surface area (Å²) in [5.41, 5.74) is 0.531. The van der Waals surface area contributed by atoms with Crippen molar-refractivity contribution in [2.75, 3.05) is 13.7 Å². The number of halogens is 1. The zero-order valence-electron chi connectivity index (χ0n) is 14.3. The number of carbonyl (C=O) groups is 1. The van der Waals surface area contributed by atoms with Crippen LogP contribution in [0.5, 0.6) is 0 Å². The summed E-state index contributed by atoms with van der Waals surface area (Å²) < 4.78 is 44.4. The lowest BCUT2D eigenvalue weighted by Crippen LogP contribution is -2.19. The van der Waals surface area contributed by atoms with Gasteiger partial charge in [-0.05, 0) is 30.3 Å². The maximum absolute atomic E-state index is 13.8. The van der Waals surface area contributed by atoms with E-state index in [0.717, 1.165) is 11.3 Å². The van der Waals surface area contributed by atoms with Gasteiger partial charge in [0.1, 0.15) is 5.82 Å². The van der Waals surface area contributed by atoms with Crippen molar-refractivity contribution in [3.05, 3.63) is 58.6 Å². The fourth-order valence-electron chi connectivity index (χ4n) is 2.50. The molecule has 0 fully saturated rings. The Kier molecular flexibility index (Phi) is 5.51. The van der Waals surface area contributed by atoms with E-state index < -0.39 is 21.7 Å². The largest absolute Gasteiger partial charge is 0.383 e. The molecule has 1 heterocycles. The second-order valence-corrected chi connectivity index (χ2v) is 8.17. The van der Waals surface area contributed by atoms with Crippen molar-refractivity contribution in [1.82, 2.24) is 4.57 Å². The van der Waals surface area contributed by atoms with Crippen LogP contribution in [0.1, 0.15) is 10.4 Å². The zero-order chi connectivity index (χ0) is 19.6. The zero-order valence-corrected chi connectivity index (χ0v) is 15.9. The third-order valence-corrected chi connectivity index (χ3v) is 5.76. The number of ether oxygens (including phenoxy) is 1. The number of carbonyl (C=O) groups excluding carboxylic acids is 1. The van der Waals surface area contributed by atoms with Crippen LogP contribution < -0.4 is 9.94 Å². The highest BCUT2D eigenvalue weighted by molar-refractivity contribution is 7.89. The molecular formula is C17H16FN3O4S2. The molecule has 0 aliphatic rings. The molecule has 0 spiro atoms. The minimum absolute atomic E-state index is 0.0397. The number of rotatable bonds is 5. The maximum Gasteiger partial charge on any atom is 0.282 e. The summed E-state index contributed by atoms with van der Waals surface area (Å²) in [4.78, 5) is 16.7. The van der Waals surface area contributed by atoms with Crippen molar-refractivity contribution >= 4 is 37.5 Å². The van der Waals surface area contributed by atoms with Crippen molar-refractivity contribution in [3.8, 4) is 0 Å². The fraction of sp³-hybridized carbons (Fsp3) is 0.176. The summed E-state index contributed by atoms with van der Waals surface area (Å²) in [7, 11) is -2.32. The van der Waals surface area contributed by atoms with Crippen molar-refractivity contribution in [1.29, 1.82) is 0 Å². The second kappa shape index (κ2) is 7.69. The van der Waals surface area contributed by atoms with E-state index in [4.69, 9.17) is 9.88 Å². The van der Waals surface area contributed by atoms with Crippen molar-refractivity contribution in [2.24, 2.45) is 10.1 Å². The first-order chi connectivity index (χ1) is 12.8. The summed E-state index contributed by atoms with van der Waals surface area (Å²) in [5, 5.41) is 5.18. The average molecular weight is 409 g/mol. The molecule has 2 N–H and O–H groups in total. The predicted molar refractivity (Wildman–Crippen MR) is 99.4 cm³/mol. The lowest BCUT2D eigenvalue weighted by Gasteiger charge is -2.05. The number of hydrogen-bond donors (Lipinski definition) is 1. The fourth-order valence-corrected chi connectivity index (χ4v) is 4.20. The summed E-state index contributed by atoms with van der Waals surface area (Å²) in [6, 6.07) is 9.97. The lowest BCUT2D eigenvalue weighted by molar-refractivity contribution is 0.0993. The second-order valence-electron chi connectivity index (χ2n) is 5.60. The van der Waals surface area contributed by atoms with Crippen LogP contribution in [0, 0.1) is 5.82 Å². The molecule has 0 aliphatic heterocycles. The Labute approximate surface area is 158 Å². The van der Waals surface area contributed by atoms with E-state index >= 15 is 0 Å². The molecule has 0 saturated carbocycles. The molecule has 2 aromatic carbocycles. The van der Waals surface area contributed by atoms with Crippen LogP contribution in [0.3, 0.4) is 0 Å². The van der Waals surface area contributed by atoms with Crippen molar-refractivity contribution in [2.45, 2.75) is 11.4 Å². The van der Waals surface area contributed by atoms with Gasteiger partial charge in [0, 0.05) is 13.7 Å².